The van der Waals surface area contributed by atoms with E-state index in [4.69, 9.17) is 0 Å². The number of hydrogen-bond acceptors (Lipinski definition) is 3. The number of carbonyl (C=O) groups is 1. The second kappa shape index (κ2) is 6.80. The Labute approximate surface area is 143 Å². The zero-order valence-electron chi connectivity index (χ0n) is 14.1. The van der Waals surface area contributed by atoms with Crippen molar-refractivity contribution in [3.8, 4) is 0 Å². The Morgan fingerprint density at radius 3 is 2.36 bits per heavy atom. The number of amides is 1. The molecule has 7 nitrogen and oxygen atoms in total. The summed E-state index contributed by atoms with van der Waals surface area (Å²) < 4.78 is 1.88. The molecule has 0 bridgehead atoms. The minimum atomic E-state index is -0.721. The van der Waals surface area contributed by atoms with E-state index in [2.05, 4.69) is 29.1 Å². The van der Waals surface area contributed by atoms with E-state index in [1.165, 1.54) is 0 Å². The number of rotatable bonds is 5. The Morgan fingerprint density at radius 1 is 1.08 bits per heavy atom. The minimum absolute atomic E-state index is 0.129. The number of H-pyrrole nitrogens is 2. The van der Waals surface area contributed by atoms with Crippen molar-refractivity contribution in [3.05, 3.63) is 63.4 Å². The smallest absolute Gasteiger partial charge is 0.314 e. The van der Waals surface area contributed by atoms with E-state index in [1.54, 1.807) is 18.2 Å². The second-order valence-electron chi connectivity index (χ2n) is 6.43. The Hall–Kier alpha value is -3.09. The van der Waals surface area contributed by atoms with Gasteiger partial charge in [-0.2, -0.15) is 0 Å². The van der Waals surface area contributed by atoms with E-state index in [0.717, 1.165) is 0 Å². The Morgan fingerprint density at radius 2 is 1.72 bits per heavy atom. The summed E-state index contributed by atoms with van der Waals surface area (Å²) in [4.78, 5) is 40.5. The quantitative estimate of drug-likeness (QED) is 0.621. The maximum Gasteiger partial charge on any atom is 0.314 e. The van der Waals surface area contributed by atoms with E-state index >= 15 is 0 Å². The van der Waals surface area contributed by atoms with Gasteiger partial charge >= 0.3 is 11.1 Å². The molecule has 0 radical (unpaired) electrons. The molecule has 1 amide bonds. The molecule has 0 aliphatic rings. The van der Waals surface area contributed by atoms with Crippen molar-refractivity contribution >= 4 is 22.6 Å². The molecule has 3 aromatic rings. The summed E-state index contributed by atoms with van der Waals surface area (Å²) in [7, 11) is 0. The predicted octanol–water partition coefficient (Wildman–Crippen LogP) is 2.24. The van der Waals surface area contributed by atoms with Gasteiger partial charge in [0.05, 0.1) is 11.0 Å². The highest BCUT2D eigenvalue weighted by Gasteiger charge is 2.21. The average Bonchev–Trinajstić information content (AvgIpc) is 3.08. The lowest BCUT2D eigenvalue weighted by Crippen LogP contribution is -2.29. The van der Waals surface area contributed by atoms with Crippen molar-refractivity contribution < 1.29 is 4.79 Å². The highest BCUT2D eigenvalue weighted by molar-refractivity contribution is 5.95. The van der Waals surface area contributed by atoms with Gasteiger partial charge in [0.25, 0.3) is 0 Å². The van der Waals surface area contributed by atoms with Crippen LogP contribution in [-0.4, -0.2) is 20.4 Å². The third-order valence-corrected chi connectivity index (χ3v) is 3.97. The molecular formula is C18H20N4O3. The fraction of sp³-hybridized carbons (Fsp3) is 0.278. The second-order valence-corrected chi connectivity index (χ2v) is 6.43. The average molecular weight is 340 g/mol. The van der Waals surface area contributed by atoms with E-state index in [1.807, 2.05) is 29.1 Å². The number of fused-ring (bicyclic) bond motifs is 1. The molecule has 0 fully saturated rings. The third-order valence-electron chi connectivity index (χ3n) is 3.97. The zero-order valence-corrected chi connectivity index (χ0v) is 14.1. The molecule has 1 aromatic carbocycles. The maximum absolute atomic E-state index is 12.7. The maximum atomic E-state index is 12.7. The molecule has 0 aliphatic heterocycles. The molecule has 1 atom stereocenters. The molecule has 0 unspecified atom stereocenters. The molecule has 0 spiro atoms. The van der Waals surface area contributed by atoms with Gasteiger partial charge in [0.2, 0.25) is 5.91 Å². The number of aromatic amines is 2. The summed E-state index contributed by atoms with van der Waals surface area (Å²) in [6, 6.07) is 8.42. The van der Waals surface area contributed by atoms with Gasteiger partial charge in [-0.1, -0.05) is 13.8 Å². The monoisotopic (exact) mass is 340 g/mol. The number of aromatic nitrogens is 3. The van der Waals surface area contributed by atoms with Crippen LogP contribution in [0.25, 0.3) is 11.0 Å². The van der Waals surface area contributed by atoms with Crippen LogP contribution in [0.15, 0.2) is 52.3 Å². The number of nitrogens with zero attached hydrogens (tertiary/aromatic N) is 1. The Bertz CT molecular complexity index is 999. The van der Waals surface area contributed by atoms with E-state index in [9.17, 15) is 14.4 Å². The molecule has 3 N–H and O–H groups in total. The van der Waals surface area contributed by atoms with Crippen LogP contribution in [0.4, 0.5) is 5.69 Å². The first-order chi connectivity index (χ1) is 11.9. The molecule has 0 saturated heterocycles. The summed E-state index contributed by atoms with van der Waals surface area (Å²) in [6.45, 7) is 4.14. The molecule has 130 valence electrons. The lowest BCUT2D eigenvalue weighted by atomic mass is 10.0. The van der Waals surface area contributed by atoms with Crippen LogP contribution in [-0.2, 0) is 4.79 Å². The fourth-order valence-electron chi connectivity index (χ4n) is 2.78. The number of nitrogens with one attached hydrogen (secondary N) is 3. The lowest BCUT2D eigenvalue weighted by molar-refractivity contribution is -0.119. The predicted molar refractivity (Wildman–Crippen MR) is 96.7 cm³/mol. The summed E-state index contributed by atoms with van der Waals surface area (Å²) >= 11 is 0. The summed E-state index contributed by atoms with van der Waals surface area (Å²) in [5.41, 5.74) is 0.103. The molecule has 2 heterocycles. The molecule has 0 saturated carbocycles. The minimum Gasteiger partial charge on any atom is -0.342 e. The number of anilines is 1. The van der Waals surface area contributed by atoms with Crippen molar-refractivity contribution in [1.82, 2.24) is 14.5 Å². The van der Waals surface area contributed by atoms with Crippen LogP contribution in [0, 0.1) is 5.92 Å². The molecule has 25 heavy (non-hydrogen) atoms. The van der Waals surface area contributed by atoms with Crippen LogP contribution >= 0.6 is 0 Å². The SMILES string of the molecule is CC(C)C[C@@H](C(=O)Nc1ccc2[nH]c(=O)c(=O)[nH]c2c1)n1cccc1. The number of benzene rings is 1. The molecule has 3 rings (SSSR count). The van der Waals surface area contributed by atoms with Gasteiger partial charge in [0.1, 0.15) is 6.04 Å². The topological polar surface area (TPSA) is 99.8 Å². The zero-order chi connectivity index (χ0) is 18.0. The highest BCUT2D eigenvalue weighted by Crippen LogP contribution is 2.21. The Balaban J connectivity index is 1.88. The fourth-order valence-corrected chi connectivity index (χ4v) is 2.78. The molecule has 0 aliphatic carbocycles. The van der Waals surface area contributed by atoms with Gasteiger partial charge in [-0.25, -0.2) is 0 Å². The van der Waals surface area contributed by atoms with Crippen LogP contribution < -0.4 is 16.4 Å². The van der Waals surface area contributed by atoms with Gasteiger partial charge in [-0.15, -0.1) is 0 Å². The van der Waals surface area contributed by atoms with Crippen molar-refractivity contribution in [3.63, 3.8) is 0 Å². The lowest BCUT2D eigenvalue weighted by Gasteiger charge is -2.20. The van der Waals surface area contributed by atoms with E-state index in [-0.39, 0.29) is 11.9 Å². The largest absolute Gasteiger partial charge is 0.342 e. The number of hydrogen-bond donors (Lipinski definition) is 3. The van der Waals surface area contributed by atoms with Gasteiger partial charge in [-0.3, -0.25) is 14.4 Å². The van der Waals surface area contributed by atoms with Crippen LogP contribution in [0.3, 0.4) is 0 Å². The highest BCUT2D eigenvalue weighted by atomic mass is 16.2. The van der Waals surface area contributed by atoms with Gasteiger partial charge in [0, 0.05) is 18.1 Å². The third kappa shape index (κ3) is 3.71. The molecular weight excluding hydrogens is 320 g/mol. The van der Waals surface area contributed by atoms with Crippen molar-refractivity contribution in [1.29, 1.82) is 0 Å². The standard InChI is InChI=1S/C18H20N4O3/c1-11(2)9-15(22-7-3-4-8-22)16(23)19-12-5-6-13-14(10-12)21-18(25)17(24)20-13/h3-8,10-11,15H,9H2,1-2H3,(H,19,23)(H,20,24)(H,21,25)/t15-/m0/s1. The van der Waals surface area contributed by atoms with Crippen molar-refractivity contribution in [2.75, 3.05) is 5.32 Å². The first-order valence-electron chi connectivity index (χ1n) is 8.13. The van der Waals surface area contributed by atoms with E-state index < -0.39 is 11.1 Å². The normalized spacial score (nSPS) is 12.4. The van der Waals surface area contributed by atoms with Gasteiger partial charge in [0.15, 0.2) is 0 Å². The summed E-state index contributed by atoms with van der Waals surface area (Å²) in [6.07, 6.45) is 4.45. The van der Waals surface area contributed by atoms with Gasteiger partial charge < -0.3 is 19.9 Å². The Kier molecular flexibility index (Phi) is 4.56. The van der Waals surface area contributed by atoms with Crippen LogP contribution in [0.5, 0.6) is 0 Å². The summed E-state index contributed by atoms with van der Waals surface area (Å²) in [5, 5.41) is 2.89. The molecule has 2 aromatic heterocycles. The van der Waals surface area contributed by atoms with Crippen molar-refractivity contribution in [2.24, 2.45) is 5.92 Å². The molecule has 7 heteroatoms. The first-order valence-corrected chi connectivity index (χ1v) is 8.13. The summed E-state index contributed by atoms with van der Waals surface area (Å²) in [5.74, 6) is 0.229. The van der Waals surface area contributed by atoms with Crippen LogP contribution in [0.2, 0.25) is 0 Å². The first kappa shape index (κ1) is 16.8. The van der Waals surface area contributed by atoms with E-state index in [0.29, 0.717) is 29.1 Å². The number of carbonyl (C=O) groups excluding carboxylic acids is 1. The van der Waals surface area contributed by atoms with Crippen molar-refractivity contribution in [2.45, 2.75) is 26.3 Å². The van der Waals surface area contributed by atoms with Crippen LogP contribution in [0.1, 0.15) is 26.3 Å². The van der Waals surface area contributed by atoms with Gasteiger partial charge in [-0.05, 0) is 42.7 Å².